The quantitative estimate of drug-likeness (QED) is 0.842. The number of para-hydroxylation sites is 1. The van der Waals surface area contributed by atoms with Crippen molar-refractivity contribution >= 4 is 16.9 Å². The van der Waals surface area contributed by atoms with E-state index in [0.717, 1.165) is 0 Å². The van der Waals surface area contributed by atoms with Crippen LogP contribution in [0.4, 0.5) is 0 Å². The maximum Gasteiger partial charge on any atom is 0.303 e. The zero-order valence-electron chi connectivity index (χ0n) is 10.0. The van der Waals surface area contributed by atoms with Gasteiger partial charge in [0.15, 0.2) is 0 Å². The van der Waals surface area contributed by atoms with E-state index in [1.807, 2.05) is 0 Å². The fraction of sp³-hybridized carbons (Fsp3) is 0.231. The van der Waals surface area contributed by atoms with Crippen LogP contribution in [0.2, 0.25) is 0 Å². The van der Waals surface area contributed by atoms with Crippen molar-refractivity contribution in [3.63, 3.8) is 0 Å². The first-order chi connectivity index (χ1) is 9.08. The highest BCUT2D eigenvalue weighted by Crippen LogP contribution is 2.05. The van der Waals surface area contributed by atoms with Crippen LogP contribution in [0.1, 0.15) is 18.5 Å². The normalized spacial score (nSPS) is 10.5. The molecule has 0 spiro atoms. The van der Waals surface area contributed by atoms with Gasteiger partial charge in [-0.25, -0.2) is 4.98 Å². The lowest BCUT2D eigenvalue weighted by molar-refractivity contribution is -0.137. The van der Waals surface area contributed by atoms with Crippen LogP contribution in [0.25, 0.3) is 10.9 Å². The van der Waals surface area contributed by atoms with Gasteiger partial charge in [-0.15, -0.1) is 0 Å². The summed E-state index contributed by atoms with van der Waals surface area (Å²) in [5.74, 6) is -0.925. The molecule has 0 aliphatic rings. The molecular formula is C13H12N2O4. The number of aliphatic carboxylic acids is 1. The van der Waals surface area contributed by atoms with Crippen LogP contribution < -0.4 is 11.1 Å². The minimum atomic E-state index is -0.925. The third-order valence-corrected chi connectivity index (χ3v) is 2.70. The highest BCUT2D eigenvalue weighted by Gasteiger charge is 2.06. The number of aromatic amines is 1. The third-order valence-electron chi connectivity index (χ3n) is 2.70. The summed E-state index contributed by atoms with van der Waals surface area (Å²) >= 11 is 0. The summed E-state index contributed by atoms with van der Waals surface area (Å²) in [6.07, 6.45) is 0.486. The summed E-state index contributed by atoms with van der Waals surface area (Å²) in [6.45, 7) is 0. The van der Waals surface area contributed by atoms with Gasteiger partial charge in [0, 0.05) is 6.42 Å². The molecule has 0 fully saturated rings. The van der Waals surface area contributed by atoms with Gasteiger partial charge in [-0.1, -0.05) is 12.1 Å². The Morgan fingerprint density at radius 2 is 1.95 bits per heavy atom. The Hall–Kier alpha value is -2.50. The second-order valence-electron chi connectivity index (χ2n) is 4.11. The molecule has 0 radical (unpaired) electrons. The van der Waals surface area contributed by atoms with E-state index in [1.165, 1.54) is 0 Å². The van der Waals surface area contributed by atoms with Crippen LogP contribution in [0, 0.1) is 0 Å². The Balaban J connectivity index is 2.48. The number of carbonyl (C=O) groups is 1. The first-order valence-electron chi connectivity index (χ1n) is 5.82. The number of hydrogen-bond donors (Lipinski definition) is 2. The second kappa shape index (κ2) is 5.43. The minimum Gasteiger partial charge on any atom is -0.481 e. The van der Waals surface area contributed by atoms with Crippen molar-refractivity contribution in [1.29, 1.82) is 0 Å². The van der Waals surface area contributed by atoms with Crippen molar-refractivity contribution in [2.75, 3.05) is 0 Å². The number of rotatable bonds is 4. The van der Waals surface area contributed by atoms with E-state index >= 15 is 0 Å². The van der Waals surface area contributed by atoms with Crippen LogP contribution in [-0.2, 0) is 11.2 Å². The van der Waals surface area contributed by atoms with Crippen LogP contribution in [0.5, 0.6) is 0 Å². The highest BCUT2D eigenvalue weighted by atomic mass is 16.4. The molecule has 2 aromatic rings. The van der Waals surface area contributed by atoms with Gasteiger partial charge in [-0.05, 0) is 25.0 Å². The maximum absolute atomic E-state index is 11.8. The average Bonchev–Trinajstić information content (AvgIpc) is 2.48. The monoisotopic (exact) mass is 260 g/mol. The number of carboxylic acids is 1. The van der Waals surface area contributed by atoms with Gasteiger partial charge < -0.3 is 5.11 Å². The number of nitrogens with one attached hydrogen (secondary N) is 1. The number of H-pyrrole nitrogens is 1. The Morgan fingerprint density at radius 3 is 2.68 bits per heavy atom. The zero-order chi connectivity index (χ0) is 13.8. The first kappa shape index (κ1) is 12.9. The Morgan fingerprint density at radius 1 is 1.21 bits per heavy atom. The summed E-state index contributed by atoms with van der Waals surface area (Å²) in [5.41, 5.74) is -0.445. The number of nitrogens with zero attached hydrogens (tertiary/aromatic N) is 1. The van der Waals surface area contributed by atoms with Crippen molar-refractivity contribution in [2.45, 2.75) is 19.3 Å². The largest absolute Gasteiger partial charge is 0.481 e. The summed E-state index contributed by atoms with van der Waals surface area (Å²) in [6, 6.07) is 6.64. The predicted molar refractivity (Wildman–Crippen MR) is 69.2 cm³/mol. The van der Waals surface area contributed by atoms with Gasteiger partial charge >= 0.3 is 5.97 Å². The van der Waals surface area contributed by atoms with Crippen LogP contribution >= 0.6 is 0 Å². The van der Waals surface area contributed by atoms with E-state index in [9.17, 15) is 14.4 Å². The lowest BCUT2D eigenvalue weighted by Crippen LogP contribution is -2.18. The van der Waals surface area contributed by atoms with Gasteiger partial charge in [0.05, 0.1) is 10.9 Å². The predicted octanol–water partition coefficient (Wildman–Crippen LogP) is 0.691. The molecule has 0 saturated carbocycles. The molecule has 1 aromatic carbocycles. The minimum absolute atomic E-state index is 0.0398. The van der Waals surface area contributed by atoms with Gasteiger partial charge in [0.1, 0.15) is 5.69 Å². The highest BCUT2D eigenvalue weighted by molar-refractivity contribution is 5.76. The lowest BCUT2D eigenvalue weighted by Gasteiger charge is -1.94. The SMILES string of the molecule is O=C(O)CCCc1nc2ccccc2c(=O)[nH]c1=O. The molecule has 19 heavy (non-hydrogen) atoms. The first-order valence-corrected chi connectivity index (χ1v) is 5.82. The fourth-order valence-electron chi connectivity index (χ4n) is 1.78. The molecule has 0 saturated heterocycles. The molecule has 6 nitrogen and oxygen atoms in total. The molecule has 6 heteroatoms. The second-order valence-corrected chi connectivity index (χ2v) is 4.11. The molecule has 0 atom stereocenters. The van der Waals surface area contributed by atoms with Gasteiger partial charge in [0.25, 0.3) is 11.1 Å². The fourth-order valence-corrected chi connectivity index (χ4v) is 1.78. The van der Waals surface area contributed by atoms with Crippen LogP contribution in [-0.4, -0.2) is 21.0 Å². The van der Waals surface area contributed by atoms with Crippen LogP contribution in [0.15, 0.2) is 33.9 Å². The average molecular weight is 260 g/mol. The summed E-state index contributed by atoms with van der Waals surface area (Å²) in [7, 11) is 0. The molecular weight excluding hydrogens is 248 g/mol. The number of aryl methyl sites for hydroxylation is 1. The smallest absolute Gasteiger partial charge is 0.303 e. The lowest BCUT2D eigenvalue weighted by atomic mass is 10.2. The molecule has 98 valence electrons. The number of hydrogen-bond acceptors (Lipinski definition) is 4. The molecule has 0 amide bonds. The topological polar surface area (TPSA) is 100 Å². The Bertz CT molecular complexity index is 736. The molecule has 0 aliphatic carbocycles. The third kappa shape index (κ3) is 3.04. The summed E-state index contributed by atoms with van der Waals surface area (Å²) in [5, 5.41) is 8.91. The number of benzene rings is 1. The standard InChI is InChI=1S/C13H12N2O4/c16-11(17)7-3-6-10-13(19)15-12(18)8-4-1-2-5-9(8)14-10/h1-2,4-5H,3,6-7H2,(H,16,17)(H,15,18,19). The van der Waals surface area contributed by atoms with E-state index < -0.39 is 17.1 Å². The van der Waals surface area contributed by atoms with E-state index in [2.05, 4.69) is 9.97 Å². The van der Waals surface area contributed by atoms with E-state index in [4.69, 9.17) is 5.11 Å². The zero-order valence-corrected chi connectivity index (χ0v) is 10.0. The van der Waals surface area contributed by atoms with Crippen LogP contribution in [0.3, 0.4) is 0 Å². The Kier molecular flexibility index (Phi) is 3.70. The van der Waals surface area contributed by atoms with Gasteiger partial charge in [-0.2, -0.15) is 0 Å². The number of aromatic nitrogens is 2. The van der Waals surface area contributed by atoms with Gasteiger partial charge in [0.2, 0.25) is 0 Å². The van der Waals surface area contributed by atoms with E-state index in [1.54, 1.807) is 24.3 Å². The Labute approximate surface area is 107 Å². The maximum atomic E-state index is 11.8. The summed E-state index contributed by atoms with van der Waals surface area (Å²) in [4.78, 5) is 40.3. The summed E-state index contributed by atoms with van der Waals surface area (Å²) < 4.78 is 0. The van der Waals surface area contributed by atoms with Crippen molar-refractivity contribution < 1.29 is 9.90 Å². The number of carboxylic acid groups (broad SMARTS) is 1. The molecule has 1 aromatic heterocycles. The number of fused-ring (bicyclic) bond motifs is 1. The van der Waals surface area contributed by atoms with Crippen molar-refractivity contribution in [2.24, 2.45) is 0 Å². The van der Waals surface area contributed by atoms with Crippen molar-refractivity contribution in [3.05, 3.63) is 50.7 Å². The molecule has 0 unspecified atom stereocenters. The molecule has 2 rings (SSSR count). The van der Waals surface area contributed by atoms with E-state index in [0.29, 0.717) is 17.3 Å². The van der Waals surface area contributed by atoms with E-state index in [-0.39, 0.29) is 18.5 Å². The molecule has 0 aliphatic heterocycles. The van der Waals surface area contributed by atoms with Crippen molar-refractivity contribution in [1.82, 2.24) is 9.97 Å². The molecule has 2 N–H and O–H groups in total. The molecule has 0 bridgehead atoms. The molecule has 1 heterocycles. The van der Waals surface area contributed by atoms with Crippen molar-refractivity contribution in [3.8, 4) is 0 Å². The van der Waals surface area contributed by atoms with Gasteiger partial charge in [-0.3, -0.25) is 19.4 Å².